The van der Waals surface area contributed by atoms with Crippen LogP contribution in [0, 0.1) is 15.2 Å². The van der Waals surface area contributed by atoms with Crippen molar-refractivity contribution >= 4 is 28.6 Å². The average molecular weight is 390 g/mol. The van der Waals surface area contributed by atoms with Crippen molar-refractivity contribution < 1.29 is 23.4 Å². The van der Waals surface area contributed by atoms with Crippen LogP contribution in [0.1, 0.15) is 15.9 Å². The summed E-state index contributed by atoms with van der Waals surface area (Å²) < 4.78 is 33.3. The monoisotopic (exact) mass is 390 g/mol. The summed E-state index contributed by atoms with van der Waals surface area (Å²) in [6.07, 6.45) is 0. The zero-order valence-corrected chi connectivity index (χ0v) is 12.2. The molecule has 0 atom stereocenters. The Kier molecular flexibility index (Phi) is 4.53. The number of hydrogen-bond donors (Lipinski definition) is 1. The molecule has 0 aromatic heterocycles. The first-order valence-electron chi connectivity index (χ1n) is 5.57. The van der Waals surface area contributed by atoms with Crippen molar-refractivity contribution in [1.82, 2.24) is 0 Å². The lowest BCUT2D eigenvalue weighted by Gasteiger charge is -2.09. The normalized spacial score (nSPS) is 10.3. The molecule has 1 N–H and O–H groups in total. The number of ether oxygens (including phenoxy) is 1. The standard InChI is InChI=1S/C14H9F2IO3/c15-11-5-9(14(18)19)6-12(16)13(11)20-7-8-1-3-10(17)4-2-8/h1-6H,7H2,(H,18,19). The van der Waals surface area contributed by atoms with Crippen molar-refractivity contribution in [2.45, 2.75) is 6.61 Å². The minimum absolute atomic E-state index is 0.00280. The van der Waals surface area contributed by atoms with Gasteiger partial charge >= 0.3 is 5.97 Å². The molecule has 0 radical (unpaired) electrons. The predicted molar refractivity (Wildman–Crippen MR) is 76.8 cm³/mol. The molecule has 0 aliphatic carbocycles. The number of benzene rings is 2. The Morgan fingerprint density at radius 3 is 2.20 bits per heavy atom. The Bertz CT molecular complexity index is 618. The lowest BCUT2D eigenvalue weighted by molar-refractivity contribution is 0.0695. The van der Waals surface area contributed by atoms with Gasteiger partial charge in [0, 0.05) is 3.57 Å². The Hall–Kier alpha value is -1.70. The van der Waals surface area contributed by atoms with Crippen LogP contribution in [0.25, 0.3) is 0 Å². The number of carbonyl (C=O) groups is 1. The third-order valence-corrected chi connectivity index (χ3v) is 3.26. The molecular formula is C14H9F2IO3. The van der Waals surface area contributed by atoms with Gasteiger partial charge in [-0.15, -0.1) is 0 Å². The second-order valence-electron chi connectivity index (χ2n) is 3.99. The number of carboxylic acids is 1. The van der Waals surface area contributed by atoms with E-state index in [1.54, 1.807) is 12.1 Å². The van der Waals surface area contributed by atoms with Crippen LogP contribution in [-0.4, -0.2) is 11.1 Å². The fraction of sp³-hybridized carbons (Fsp3) is 0.0714. The number of carboxylic acid groups (broad SMARTS) is 1. The summed E-state index contributed by atoms with van der Waals surface area (Å²) in [6, 6.07) is 8.72. The van der Waals surface area contributed by atoms with E-state index >= 15 is 0 Å². The number of hydrogen-bond acceptors (Lipinski definition) is 2. The van der Waals surface area contributed by atoms with Crippen LogP contribution in [0.5, 0.6) is 5.75 Å². The highest BCUT2D eigenvalue weighted by atomic mass is 127. The third kappa shape index (κ3) is 3.44. The molecule has 0 bridgehead atoms. The molecule has 0 fully saturated rings. The quantitative estimate of drug-likeness (QED) is 0.808. The number of aromatic carboxylic acids is 1. The van der Waals surface area contributed by atoms with Gasteiger partial charge in [0.1, 0.15) is 6.61 Å². The van der Waals surface area contributed by atoms with Crippen molar-refractivity contribution in [3.8, 4) is 5.75 Å². The molecule has 0 spiro atoms. The van der Waals surface area contributed by atoms with E-state index in [-0.39, 0.29) is 6.61 Å². The molecule has 2 aromatic carbocycles. The summed E-state index contributed by atoms with van der Waals surface area (Å²) in [4.78, 5) is 10.7. The zero-order valence-electron chi connectivity index (χ0n) is 10.1. The molecule has 104 valence electrons. The second-order valence-corrected chi connectivity index (χ2v) is 5.23. The molecule has 2 aromatic rings. The highest BCUT2D eigenvalue weighted by molar-refractivity contribution is 14.1. The summed E-state index contributed by atoms with van der Waals surface area (Å²) >= 11 is 2.14. The van der Waals surface area contributed by atoms with Gasteiger partial charge in [0.2, 0.25) is 0 Å². The van der Waals surface area contributed by atoms with Crippen molar-refractivity contribution in [3.05, 3.63) is 62.7 Å². The van der Waals surface area contributed by atoms with E-state index in [1.807, 2.05) is 12.1 Å². The average Bonchev–Trinajstić information content (AvgIpc) is 2.39. The first-order chi connectivity index (χ1) is 9.47. The van der Waals surface area contributed by atoms with E-state index < -0.39 is 28.9 Å². The van der Waals surface area contributed by atoms with Gasteiger partial charge in [0.25, 0.3) is 0 Å². The molecule has 0 saturated carbocycles. The molecule has 20 heavy (non-hydrogen) atoms. The maximum Gasteiger partial charge on any atom is 0.335 e. The van der Waals surface area contributed by atoms with E-state index in [2.05, 4.69) is 22.6 Å². The molecule has 0 saturated heterocycles. The maximum absolute atomic E-state index is 13.6. The molecular weight excluding hydrogens is 381 g/mol. The van der Waals surface area contributed by atoms with Crippen LogP contribution in [-0.2, 0) is 6.61 Å². The smallest absolute Gasteiger partial charge is 0.335 e. The fourth-order valence-electron chi connectivity index (χ4n) is 1.56. The van der Waals surface area contributed by atoms with Crippen molar-refractivity contribution in [3.63, 3.8) is 0 Å². The largest absolute Gasteiger partial charge is 0.483 e. The predicted octanol–water partition coefficient (Wildman–Crippen LogP) is 3.85. The highest BCUT2D eigenvalue weighted by Gasteiger charge is 2.16. The molecule has 2 rings (SSSR count). The van der Waals surface area contributed by atoms with Crippen LogP contribution >= 0.6 is 22.6 Å². The van der Waals surface area contributed by atoms with E-state index in [0.717, 1.165) is 21.3 Å². The highest BCUT2D eigenvalue weighted by Crippen LogP contribution is 2.24. The molecule has 3 nitrogen and oxygen atoms in total. The lowest BCUT2D eigenvalue weighted by Crippen LogP contribution is -2.04. The minimum atomic E-state index is -1.40. The van der Waals surface area contributed by atoms with Crippen molar-refractivity contribution in [2.75, 3.05) is 0 Å². The topological polar surface area (TPSA) is 46.5 Å². The van der Waals surface area contributed by atoms with E-state index in [1.165, 1.54) is 0 Å². The molecule has 0 unspecified atom stereocenters. The van der Waals surface area contributed by atoms with E-state index in [9.17, 15) is 13.6 Å². The van der Waals surface area contributed by atoms with Crippen molar-refractivity contribution in [2.24, 2.45) is 0 Å². The van der Waals surface area contributed by atoms with Gasteiger partial charge < -0.3 is 9.84 Å². The zero-order chi connectivity index (χ0) is 14.7. The van der Waals surface area contributed by atoms with Gasteiger partial charge in [0.05, 0.1) is 5.56 Å². The van der Waals surface area contributed by atoms with Crippen LogP contribution in [0.15, 0.2) is 36.4 Å². The van der Waals surface area contributed by atoms with E-state index in [4.69, 9.17) is 9.84 Å². The lowest BCUT2D eigenvalue weighted by atomic mass is 10.2. The summed E-state index contributed by atoms with van der Waals surface area (Å²) in [5, 5.41) is 8.68. The minimum Gasteiger partial charge on any atom is -0.483 e. The number of halogens is 3. The molecule has 0 aliphatic heterocycles. The Morgan fingerprint density at radius 2 is 1.70 bits per heavy atom. The van der Waals surface area contributed by atoms with Gasteiger partial charge in [-0.05, 0) is 52.4 Å². The molecule has 0 heterocycles. The Morgan fingerprint density at radius 1 is 1.15 bits per heavy atom. The van der Waals surface area contributed by atoms with Gasteiger partial charge in [0.15, 0.2) is 17.4 Å². The van der Waals surface area contributed by atoms with Gasteiger partial charge in [-0.25, -0.2) is 13.6 Å². The molecule has 0 amide bonds. The van der Waals surface area contributed by atoms with Crippen LogP contribution < -0.4 is 4.74 Å². The molecule has 6 heteroatoms. The van der Waals surface area contributed by atoms with Crippen LogP contribution in [0.4, 0.5) is 8.78 Å². The fourth-order valence-corrected chi connectivity index (χ4v) is 1.92. The van der Waals surface area contributed by atoms with Gasteiger partial charge in [-0.2, -0.15) is 0 Å². The second kappa shape index (κ2) is 6.17. The first kappa shape index (κ1) is 14.7. The van der Waals surface area contributed by atoms with Crippen molar-refractivity contribution in [1.29, 1.82) is 0 Å². The van der Waals surface area contributed by atoms with Crippen LogP contribution in [0.2, 0.25) is 0 Å². The van der Waals surface area contributed by atoms with Gasteiger partial charge in [-0.3, -0.25) is 0 Å². The maximum atomic E-state index is 13.6. The third-order valence-electron chi connectivity index (χ3n) is 2.54. The summed E-state index contributed by atoms with van der Waals surface area (Å²) in [5.74, 6) is -4.04. The first-order valence-corrected chi connectivity index (χ1v) is 6.65. The Balaban J connectivity index is 2.17. The summed E-state index contributed by atoms with van der Waals surface area (Å²) in [6.45, 7) is -0.00280. The summed E-state index contributed by atoms with van der Waals surface area (Å²) in [5.41, 5.74) is 0.299. The Labute approximate surface area is 127 Å². The SMILES string of the molecule is O=C(O)c1cc(F)c(OCc2ccc(I)cc2)c(F)c1. The summed E-state index contributed by atoms with van der Waals surface area (Å²) in [7, 11) is 0. The molecule has 0 aliphatic rings. The van der Waals surface area contributed by atoms with Crippen LogP contribution in [0.3, 0.4) is 0 Å². The number of rotatable bonds is 4. The van der Waals surface area contributed by atoms with Gasteiger partial charge in [-0.1, -0.05) is 12.1 Å². The van der Waals surface area contributed by atoms with E-state index in [0.29, 0.717) is 0 Å².